The number of aromatic nitrogens is 1. The molecule has 0 saturated heterocycles. The molecule has 0 amide bonds. The van der Waals surface area contributed by atoms with Gasteiger partial charge in [-0.15, -0.1) is 12.6 Å². The number of pyridine rings is 1. The van der Waals surface area contributed by atoms with E-state index < -0.39 is 0 Å². The van der Waals surface area contributed by atoms with Crippen LogP contribution in [0, 0.1) is 5.82 Å². The van der Waals surface area contributed by atoms with Gasteiger partial charge in [-0.3, -0.25) is 4.98 Å². The molecule has 0 spiro atoms. The van der Waals surface area contributed by atoms with E-state index in [1.807, 2.05) is 30.3 Å². The second-order valence-electron chi connectivity index (χ2n) is 2.88. The zero-order valence-corrected chi connectivity index (χ0v) is 8.21. The standard InChI is InChI=1S/C11H8FNS/c12-9-6-13-7-10(14)11(9)8-4-2-1-3-5-8/h1-7,14H. The number of hydrogen-bond donors (Lipinski definition) is 1. The van der Waals surface area contributed by atoms with Crippen LogP contribution in [0.1, 0.15) is 0 Å². The molecule has 0 unspecified atom stereocenters. The van der Waals surface area contributed by atoms with E-state index in [1.165, 1.54) is 12.4 Å². The molecule has 0 bridgehead atoms. The lowest BCUT2D eigenvalue weighted by Gasteiger charge is -2.05. The fourth-order valence-electron chi connectivity index (χ4n) is 1.32. The van der Waals surface area contributed by atoms with Crippen LogP contribution < -0.4 is 0 Å². The third-order valence-electron chi connectivity index (χ3n) is 1.94. The predicted octanol–water partition coefficient (Wildman–Crippen LogP) is 3.18. The second-order valence-corrected chi connectivity index (χ2v) is 3.36. The highest BCUT2D eigenvalue weighted by Gasteiger charge is 2.07. The molecule has 0 radical (unpaired) electrons. The Morgan fingerprint density at radius 3 is 2.43 bits per heavy atom. The summed E-state index contributed by atoms with van der Waals surface area (Å²) >= 11 is 4.18. The first-order chi connectivity index (χ1) is 6.79. The molecule has 1 heterocycles. The Kier molecular flexibility index (Phi) is 2.50. The third-order valence-corrected chi connectivity index (χ3v) is 2.28. The van der Waals surface area contributed by atoms with Gasteiger partial charge in [-0.25, -0.2) is 4.39 Å². The summed E-state index contributed by atoms with van der Waals surface area (Å²) in [6.07, 6.45) is 2.73. The van der Waals surface area contributed by atoms with Crippen LogP contribution >= 0.6 is 12.6 Å². The first kappa shape index (κ1) is 9.21. The van der Waals surface area contributed by atoms with Gasteiger partial charge in [0.15, 0.2) is 0 Å². The SMILES string of the molecule is Fc1cncc(S)c1-c1ccccc1. The molecule has 0 aliphatic heterocycles. The van der Waals surface area contributed by atoms with E-state index >= 15 is 0 Å². The topological polar surface area (TPSA) is 12.9 Å². The smallest absolute Gasteiger partial charge is 0.150 e. The maximum absolute atomic E-state index is 13.4. The molecular formula is C11H8FNS. The molecule has 3 heteroatoms. The molecule has 1 aromatic heterocycles. The Morgan fingerprint density at radius 1 is 1.07 bits per heavy atom. The monoisotopic (exact) mass is 205 g/mol. The van der Waals surface area contributed by atoms with Gasteiger partial charge in [0.2, 0.25) is 0 Å². The summed E-state index contributed by atoms with van der Waals surface area (Å²) in [6, 6.07) is 9.31. The summed E-state index contributed by atoms with van der Waals surface area (Å²) in [5.74, 6) is -0.344. The number of thiol groups is 1. The molecule has 2 aromatic rings. The largest absolute Gasteiger partial charge is 0.260 e. The average molecular weight is 205 g/mol. The van der Waals surface area contributed by atoms with Crippen LogP contribution in [0.5, 0.6) is 0 Å². The van der Waals surface area contributed by atoms with E-state index in [0.29, 0.717) is 10.5 Å². The normalized spacial score (nSPS) is 10.1. The van der Waals surface area contributed by atoms with Gasteiger partial charge < -0.3 is 0 Å². The Labute approximate surface area is 87.0 Å². The van der Waals surface area contributed by atoms with Gasteiger partial charge in [0.1, 0.15) is 5.82 Å². The van der Waals surface area contributed by atoms with Crippen LogP contribution in [0.2, 0.25) is 0 Å². The summed E-state index contributed by atoms with van der Waals surface area (Å²) < 4.78 is 13.4. The van der Waals surface area contributed by atoms with Crippen molar-refractivity contribution in [2.45, 2.75) is 4.90 Å². The fraction of sp³-hybridized carbons (Fsp3) is 0. The Morgan fingerprint density at radius 2 is 1.79 bits per heavy atom. The van der Waals surface area contributed by atoms with Crippen molar-refractivity contribution >= 4 is 12.6 Å². The van der Waals surface area contributed by atoms with E-state index in [9.17, 15) is 4.39 Å². The molecule has 0 saturated carbocycles. The van der Waals surface area contributed by atoms with E-state index in [0.717, 1.165) is 5.56 Å². The quantitative estimate of drug-likeness (QED) is 0.705. The van der Waals surface area contributed by atoms with Crippen molar-refractivity contribution in [1.29, 1.82) is 0 Å². The van der Waals surface area contributed by atoms with Crippen molar-refractivity contribution in [1.82, 2.24) is 4.98 Å². The van der Waals surface area contributed by atoms with Crippen LogP contribution in [-0.4, -0.2) is 4.98 Å². The molecule has 1 aromatic carbocycles. The Bertz CT molecular complexity index is 422. The fourth-order valence-corrected chi connectivity index (χ4v) is 1.62. The molecule has 0 fully saturated rings. The first-order valence-electron chi connectivity index (χ1n) is 4.17. The van der Waals surface area contributed by atoms with Crippen LogP contribution in [0.4, 0.5) is 4.39 Å². The molecule has 0 aliphatic carbocycles. The zero-order chi connectivity index (χ0) is 9.97. The summed E-state index contributed by atoms with van der Waals surface area (Å²) in [5, 5.41) is 0. The zero-order valence-electron chi connectivity index (χ0n) is 7.31. The van der Waals surface area contributed by atoms with Gasteiger partial charge in [0.25, 0.3) is 0 Å². The number of benzene rings is 1. The number of halogens is 1. The first-order valence-corrected chi connectivity index (χ1v) is 4.61. The molecular weight excluding hydrogens is 197 g/mol. The van der Waals surface area contributed by atoms with E-state index in [4.69, 9.17) is 0 Å². The maximum atomic E-state index is 13.4. The number of rotatable bonds is 1. The Balaban J connectivity index is 2.63. The minimum atomic E-state index is -0.344. The van der Waals surface area contributed by atoms with Crippen LogP contribution in [0.15, 0.2) is 47.6 Å². The molecule has 0 N–H and O–H groups in total. The van der Waals surface area contributed by atoms with Gasteiger partial charge in [-0.2, -0.15) is 0 Å². The van der Waals surface area contributed by atoms with Gasteiger partial charge in [-0.05, 0) is 5.56 Å². The minimum absolute atomic E-state index is 0.344. The third kappa shape index (κ3) is 1.63. The van der Waals surface area contributed by atoms with Crippen molar-refractivity contribution < 1.29 is 4.39 Å². The maximum Gasteiger partial charge on any atom is 0.150 e. The number of hydrogen-bond acceptors (Lipinski definition) is 2. The van der Waals surface area contributed by atoms with E-state index in [1.54, 1.807) is 0 Å². The molecule has 0 atom stereocenters. The van der Waals surface area contributed by atoms with Crippen molar-refractivity contribution in [3.8, 4) is 11.1 Å². The van der Waals surface area contributed by atoms with E-state index in [-0.39, 0.29) is 5.82 Å². The lowest BCUT2D eigenvalue weighted by molar-refractivity contribution is 0.621. The molecule has 0 aliphatic rings. The van der Waals surface area contributed by atoms with Gasteiger partial charge in [-0.1, -0.05) is 30.3 Å². The predicted molar refractivity (Wildman–Crippen MR) is 56.9 cm³/mol. The van der Waals surface area contributed by atoms with Crippen LogP contribution in [0.3, 0.4) is 0 Å². The summed E-state index contributed by atoms with van der Waals surface area (Å²) in [4.78, 5) is 4.27. The van der Waals surface area contributed by atoms with Crippen molar-refractivity contribution in [3.05, 3.63) is 48.5 Å². The van der Waals surface area contributed by atoms with Gasteiger partial charge >= 0.3 is 0 Å². The molecule has 70 valence electrons. The minimum Gasteiger partial charge on any atom is -0.260 e. The highest BCUT2D eigenvalue weighted by atomic mass is 32.1. The van der Waals surface area contributed by atoms with Crippen LogP contribution in [-0.2, 0) is 0 Å². The second kappa shape index (κ2) is 3.80. The molecule has 1 nitrogen and oxygen atoms in total. The van der Waals surface area contributed by atoms with E-state index in [2.05, 4.69) is 17.6 Å². The highest BCUT2D eigenvalue weighted by molar-refractivity contribution is 7.80. The lowest BCUT2D eigenvalue weighted by Crippen LogP contribution is -1.87. The Hall–Kier alpha value is -1.35. The molecule has 14 heavy (non-hydrogen) atoms. The summed E-state index contributed by atoms with van der Waals surface area (Å²) in [7, 11) is 0. The summed E-state index contributed by atoms with van der Waals surface area (Å²) in [5.41, 5.74) is 1.32. The van der Waals surface area contributed by atoms with Gasteiger partial charge in [0, 0.05) is 16.7 Å². The number of nitrogens with zero attached hydrogens (tertiary/aromatic N) is 1. The van der Waals surface area contributed by atoms with Gasteiger partial charge in [0.05, 0.1) is 6.20 Å². The highest BCUT2D eigenvalue weighted by Crippen LogP contribution is 2.27. The van der Waals surface area contributed by atoms with Crippen molar-refractivity contribution in [2.75, 3.05) is 0 Å². The average Bonchev–Trinajstić information content (AvgIpc) is 2.19. The lowest BCUT2D eigenvalue weighted by atomic mass is 10.1. The van der Waals surface area contributed by atoms with Crippen molar-refractivity contribution in [2.24, 2.45) is 0 Å². The molecule has 2 rings (SSSR count). The van der Waals surface area contributed by atoms with Crippen molar-refractivity contribution in [3.63, 3.8) is 0 Å². The van der Waals surface area contributed by atoms with Crippen LogP contribution in [0.25, 0.3) is 11.1 Å². The summed E-state index contributed by atoms with van der Waals surface area (Å²) in [6.45, 7) is 0.